The molecule has 3 nitrogen and oxygen atoms in total. The van der Waals surface area contributed by atoms with Crippen molar-refractivity contribution < 1.29 is 0 Å². The minimum Gasteiger partial charge on any atom is -0.298 e. The maximum absolute atomic E-state index is 4.52. The molecule has 0 radical (unpaired) electrons. The van der Waals surface area contributed by atoms with E-state index in [0.717, 1.165) is 5.69 Å². The summed E-state index contributed by atoms with van der Waals surface area (Å²) in [5, 5.41) is 3.66. The van der Waals surface area contributed by atoms with E-state index in [-0.39, 0.29) is 12.1 Å². The predicted molar refractivity (Wildman–Crippen MR) is 88.3 cm³/mol. The van der Waals surface area contributed by atoms with Crippen molar-refractivity contribution in [2.24, 2.45) is 0 Å². The van der Waals surface area contributed by atoms with E-state index in [9.17, 15) is 0 Å². The molecule has 2 aromatic heterocycles. The Morgan fingerprint density at radius 3 is 2.27 bits per heavy atom. The summed E-state index contributed by atoms with van der Waals surface area (Å²) in [5.41, 5.74) is 3.39. The van der Waals surface area contributed by atoms with E-state index in [1.165, 1.54) is 11.1 Å². The minimum absolute atomic E-state index is 0.0533. The van der Waals surface area contributed by atoms with Crippen molar-refractivity contribution in [1.82, 2.24) is 15.3 Å². The molecule has 0 saturated carbocycles. The van der Waals surface area contributed by atoms with Gasteiger partial charge >= 0.3 is 0 Å². The lowest BCUT2D eigenvalue weighted by molar-refractivity contribution is 0.507. The molecule has 3 aromatic rings. The summed E-state index contributed by atoms with van der Waals surface area (Å²) in [6.07, 6.45) is 5.53. The van der Waals surface area contributed by atoms with E-state index < -0.39 is 0 Å². The second-order valence-corrected chi connectivity index (χ2v) is 5.27. The first kappa shape index (κ1) is 14.4. The van der Waals surface area contributed by atoms with Crippen LogP contribution in [0.3, 0.4) is 0 Å². The summed E-state index contributed by atoms with van der Waals surface area (Å²) in [5.74, 6) is 0. The average molecular weight is 289 g/mol. The molecule has 0 amide bonds. The molecule has 0 spiro atoms. The quantitative estimate of drug-likeness (QED) is 0.773. The smallest absolute Gasteiger partial charge is 0.0756 e. The van der Waals surface area contributed by atoms with Gasteiger partial charge in [-0.2, -0.15) is 0 Å². The largest absolute Gasteiger partial charge is 0.298 e. The first-order valence-electron chi connectivity index (χ1n) is 7.46. The molecule has 1 aromatic carbocycles. The predicted octanol–water partition coefficient (Wildman–Crippen LogP) is 3.92. The molecular formula is C19H19N3. The molecule has 0 aliphatic heterocycles. The van der Waals surface area contributed by atoms with Crippen LogP contribution in [-0.4, -0.2) is 9.97 Å². The topological polar surface area (TPSA) is 37.8 Å². The summed E-state index contributed by atoms with van der Waals surface area (Å²) >= 11 is 0. The van der Waals surface area contributed by atoms with Crippen LogP contribution in [0.1, 0.15) is 35.8 Å². The SMILES string of the molecule is C[C@H](N[C@H](c1ccccc1)c1ccccn1)c1cccnc1. The average Bonchev–Trinajstić information content (AvgIpc) is 2.62. The molecule has 22 heavy (non-hydrogen) atoms. The van der Waals surface area contributed by atoms with Crippen LogP contribution in [0.2, 0.25) is 0 Å². The van der Waals surface area contributed by atoms with Gasteiger partial charge in [-0.25, -0.2) is 0 Å². The molecule has 2 atom stereocenters. The minimum atomic E-state index is 0.0533. The number of hydrogen-bond acceptors (Lipinski definition) is 3. The standard InChI is InChI=1S/C19H19N3/c1-15(17-10-7-12-20-14-17)22-19(16-8-3-2-4-9-16)18-11-5-6-13-21-18/h2-15,19,22H,1H3/t15-,19+/m0/s1. The van der Waals surface area contributed by atoms with Crippen molar-refractivity contribution in [2.45, 2.75) is 19.0 Å². The van der Waals surface area contributed by atoms with Crippen molar-refractivity contribution >= 4 is 0 Å². The maximum Gasteiger partial charge on any atom is 0.0756 e. The van der Waals surface area contributed by atoms with Gasteiger partial charge < -0.3 is 0 Å². The summed E-state index contributed by atoms with van der Waals surface area (Å²) in [4.78, 5) is 8.73. The Balaban J connectivity index is 1.90. The van der Waals surface area contributed by atoms with Crippen LogP contribution in [0.5, 0.6) is 0 Å². The Morgan fingerprint density at radius 2 is 1.59 bits per heavy atom. The molecule has 0 fully saturated rings. The first-order valence-corrected chi connectivity index (χ1v) is 7.46. The van der Waals surface area contributed by atoms with Gasteiger partial charge in [0.05, 0.1) is 11.7 Å². The van der Waals surface area contributed by atoms with Gasteiger partial charge in [-0.1, -0.05) is 42.5 Å². The van der Waals surface area contributed by atoms with Crippen LogP contribution in [-0.2, 0) is 0 Å². The van der Waals surface area contributed by atoms with Crippen molar-refractivity contribution in [3.63, 3.8) is 0 Å². The molecule has 0 saturated heterocycles. The van der Waals surface area contributed by atoms with Crippen LogP contribution < -0.4 is 5.32 Å². The van der Waals surface area contributed by atoms with Crippen LogP contribution >= 0.6 is 0 Å². The first-order chi connectivity index (χ1) is 10.8. The molecule has 0 aliphatic rings. The third-order valence-electron chi connectivity index (χ3n) is 3.72. The molecule has 110 valence electrons. The van der Waals surface area contributed by atoms with E-state index in [4.69, 9.17) is 0 Å². The van der Waals surface area contributed by atoms with Gasteiger partial charge in [-0.15, -0.1) is 0 Å². The second kappa shape index (κ2) is 6.96. The van der Waals surface area contributed by atoms with Crippen LogP contribution in [0.25, 0.3) is 0 Å². The number of nitrogens with one attached hydrogen (secondary N) is 1. The highest BCUT2D eigenvalue weighted by atomic mass is 15.0. The lowest BCUT2D eigenvalue weighted by Gasteiger charge is -2.23. The van der Waals surface area contributed by atoms with Gasteiger partial charge in [0.1, 0.15) is 0 Å². The number of pyridine rings is 2. The highest BCUT2D eigenvalue weighted by Gasteiger charge is 2.18. The van der Waals surface area contributed by atoms with Gasteiger partial charge in [0, 0.05) is 24.6 Å². The number of benzene rings is 1. The van der Waals surface area contributed by atoms with Crippen molar-refractivity contribution in [3.05, 3.63) is 96.1 Å². The molecule has 0 bridgehead atoms. The lowest BCUT2D eigenvalue weighted by Crippen LogP contribution is -2.26. The summed E-state index contributed by atoms with van der Waals surface area (Å²) in [6, 6.07) is 20.7. The summed E-state index contributed by atoms with van der Waals surface area (Å²) in [7, 11) is 0. The Labute approximate surface area is 131 Å². The highest BCUT2D eigenvalue weighted by Crippen LogP contribution is 2.24. The summed E-state index contributed by atoms with van der Waals surface area (Å²) < 4.78 is 0. The Hall–Kier alpha value is -2.52. The number of hydrogen-bond donors (Lipinski definition) is 1. The van der Waals surface area contributed by atoms with Crippen LogP contribution in [0.15, 0.2) is 79.3 Å². The van der Waals surface area contributed by atoms with Gasteiger partial charge in [0.15, 0.2) is 0 Å². The fourth-order valence-electron chi connectivity index (χ4n) is 2.52. The van der Waals surface area contributed by atoms with E-state index in [1.807, 2.05) is 36.7 Å². The number of nitrogens with zero attached hydrogens (tertiary/aromatic N) is 2. The second-order valence-electron chi connectivity index (χ2n) is 5.27. The van der Waals surface area contributed by atoms with Crippen LogP contribution in [0.4, 0.5) is 0 Å². The fraction of sp³-hybridized carbons (Fsp3) is 0.158. The number of rotatable bonds is 5. The Kier molecular flexibility index (Phi) is 4.56. The molecular weight excluding hydrogens is 270 g/mol. The van der Waals surface area contributed by atoms with E-state index in [2.05, 4.69) is 58.6 Å². The molecule has 1 N–H and O–H groups in total. The molecule has 3 heteroatoms. The van der Waals surface area contributed by atoms with Gasteiger partial charge in [0.2, 0.25) is 0 Å². The normalized spacial score (nSPS) is 13.5. The van der Waals surface area contributed by atoms with Crippen LogP contribution in [0, 0.1) is 0 Å². The third kappa shape index (κ3) is 3.38. The molecule has 0 aliphatic carbocycles. The van der Waals surface area contributed by atoms with Crippen molar-refractivity contribution in [2.75, 3.05) is 0 Å². The summed E-state index contributed by atoms with van der Waals surface area (Å²) in [6.45, 7) is 2.15. The van der Waals surface area contributed by atoms with E-state index >= 15 is 0 Å². The highest BCUT2D eigenvalue weighted by molar-refractivity contribution is 5.28. The fourth-order valence-corrected chi connectivity index (χ4v) is 2.52. The van der Waals surface area contributed by atoms with E-state index in [0.29, 0.717) is 0 Å². The third-order valence-corrected chi connectivity index (χ3v) is 3.72. The maximum atomic E-state index is 4.52. The zero-order chi connectivity index (χ0) is 15.2. The lowest BCUT2D eigenvalue weighted by atomic mass is 10.0. The monoisotopic (exact) mass is 289 g/mol. The molecule has 2 heterocycles. The van der Waals surface area contributed by atoms with Crippen molar-refractivity contribution in [3.8, 4) is 0 Å². The van der Waals surface area contributed by atoms with Gasteiger partial charge in [-0.3, -0.25) is 15.3 Å². The zero-order valence-corrected chi connectivity index (χ0v) is 12.6. The van der Waals surface area contributed by atoms with Gasteiger partial charge in [0.25, 0.3) is 0 Å². The molecule has 3 rings (SSSR count). The Morgan fingerprint density at radius 1 is 0.818 bits per heavy atom. The zero-order valence-electron chi connectivity index (χ0n) is 12.6. The molecule has 0 unspecified atom stereocenters. The number of aromatic nitrogens is 2. The Bertz CT molecular complexity index is 644. The van der Waals surface area contributed by atoms with Crippen molar-refractivity contribution in [1.29, 1.82) is 0 Å². The van der Waals surface area contributed by atoms with E-state index in [1.54, 1.807) is 6.20 Å². The van der Waals surface area contributed by atoms with Gasteiger partial charge in [-0.05, 0) is 36.2 Å².